The van der Waals surface area contributed by atoms with Gasteiger partial charge in [-0.1, -0.05) is 36.4 Å². The third-order valence-corrected chi connectivity index (χ3v) is 3.65. The molecule has 0 aliphatic carbocycles. The van der Waals surface area contributed by atoms with Gasteiger partial charge in [0, 0.05) is 6.42 Å². The van der Waals surface area contributed by atoms with Gasteiger partial charge in [0.25, 0.3) is 0 Å². The van der Waals surface area contributed by atoms with E-state index in [4.69, 9.17) is 5.11 Å². The van der Waals surface area contributed by atoms with E-state index in [9.17, 15) is 9.18 Å². The molecular formula is C17H16FN3O2. The zero-order valence-corrected chi connectivity index (χ0v) is 12.3. The van der Waals surface area contributed by atoms with Crippen molar-refractivity contribution in [3.8, 4) is 0 Å². The number of aromatic nitrogens is 2. The number of nitrogens with zero attached hydrogens (tertiary/aromatic N) is 1. The van der Waals surface area contributed by atoms with Crippen LogP contribution in [0.3, 0.4) is 0 Å². The Hall–Kier alpha value is -2.89. The van der Waals surface area contributed by atoms with Gasteiger partial charge in [0.2, 0.25) is 0 Å². The Morgan fingerprint density at radius 1 is 1.17 bits per heavy atom. The normalized spacial score (nSPS) is 12.2. The highest BCUT2D eigenvalue weighted by Gasteiger charge is 2.18. The predicted octanol–water partition coefficient (Wildman–Crippen LogP) is 3.58. The number of H-pyrrole nitrogens is 1. The lowest BCUT2D eigenvalue weighted by molar-refractivity contribution is 0.189. The number of aromatic amines is 1. The van der Waals surface area contributed by atoms with E-state index in [-0.39, 0.29) is 0 Å². The van der Waals surface area contributed by atoms with Crippen LogP contribution in [-0.4, -0.2) is 21.2 Å². The maximum absolute atomic E-state index is 12.6. The van der Waals surface area contributed by atoms with Gasteiger partial charge in [0.15, 0.2) is 0 Å². The summed E-state index contributed by atoms with van der Waals surface area (Å²) >= 11 is 0. The van der Waals surface area contributed by atoms with Crippen LogP contribution in [0.15, 0.2) is 48.5 Å². The summed E-state index contributed by atoms with van der Waals surface area (Å²) in [6.45, 7) is -0.513. The average Bonchev–Trinajstić information content (AvgIpc) is 2.98. The highest BCUT2D eigenvalue weighted by molar-refractivity contribution is 5.75. The third-order valence-electron chi connectivity index (χ3n) is 3.65. The van der Waals surface area contributed by atoms with Crippen LogP contribution in [0.2, 0.25) is 0 Å². The Kier molecular flexibility index (Phi) is 4.23. The molecule has 0 saturated heterocycles. The van der Waals surface area contributed by atoms with Crippen molar-refractivity contribution < 1.29 is 14.3 Å². The van der Waals surface area contributed by atoms with Gasteiger partial charge in [0.05, 0.1) is 17.1 Å². The van der Waals surface area contributed by atoms with Crippen molar-refractivity contribution in [1.82, 2.24) is 15.3 Å². The topological polar surface area (TPSA) is 78.0 Å². The van der Waals surface area contributed by atoms with Crippen molar-refractivity contribution in [3.63, 3.8) is 0 Å². The molecule has 0 radical (unpaired) electrons. The molecular weight excluding hydrogens is 297 g/mol. The van der Waals surface area contributed by atoms with Gasteiger partial charge in [-0.2, -0.15) is 0 Å². The largest absolute Gasteiger partial charge is 0.465 e. The Morgan fingerprint density at radius 2 is 1.87 bits per heavy atom. The zero-order valence-electron chi connectivity index (χ0n) is 12.3. The van der Waals surface area contributed by atoms with E-state index in [0.29, 0.717) is 17.8 Å². The minimum Gasteiger partial charge on any atom is -0.465 e. The zero-order chi connectivity index (χ0) is 16.2. The van der Waals surface area contributed by atoms with Crippen LogP contribution in [0, 0.1) is 0 Å². The maximum atomic E-state index is 12.6. The predicted molar refractivity (Wildman–Crippen MR) is 85.0 cm³/mol. The molecule has 1 aromatic heterocycles. The molecule has 1 atom stereocenters. The number of para-hydroxylation sites is 2. The van der Waals surface area contributed by atoms with Crippen molar-refractivity contribution in [2.24, 2.45) is 0 Å². The van der Waals surface area contributed by atoms with Crippen LogP contribution in [0.1, 0.15) is 23.0 Å². The Labute approximate surface area is 132 Å². The number of halogens is 1. The second-order valence-electron chi connectivity index (χ2n) is 5.30. The summed E-state index contributed by atoms with van der Waals surface area (Å²) in [5.41, 5.74) is 3.14. The molecule has 0 fully saturated rings. The summed E-state index contributed by atoms with van der Waals surface area (Å²) in [5.74, 6) is 0.558. The summed E-state index contributed by atoms with van der Waals surface area (Å²) < 4.78 is 12.6. The molecule has 0 saturated carbocycles. The highest BCUT2D eigenvalue weighted by atomic mass is 19.1. The number of nitrogens with one attached hydrogen (secondary N) is 2. The fourth-order valence-electron chi connectivity index (χ4n) is 2.50. The van der Waals surface area contributed by atoms with Gasteiger partial charge in [-0.25, -0.2) is 14.2 Å². The molecule has 0 aliphatic rings. The number of carboxylic acid groups (broad SMARTS) is 1. The molecule has 3 N–H and O–H groups in total. The first kappa shape index (κ1) is 15.0. The standard InChI is InChI=1S/C17H16FN3O2/c18-10-12-7-5-11(6-8-12)9-15(21-17(22)23)16-19-13-3-1-2-4-14(13)20-16/h1-8,15,21H,9-10H2,(H,19,20)(H,22,23). The minimum atomic E-state index is -1.11. The smallest absolute Gasteiger partial charge is 0.405 e. The molecule has 118 valence electrons. The number of amides is 1. The molecule has 1 amide bonds. The number of hydrogen-bond donors (Lipinski definition) is 3. The monoisotopic (exact) mass is 313 g/mol. The lowest BCUT2D eigenvalue weighted by atomic mass is 10.0. The Morgan fingerprint density at radius 3 is 2.52 bits per heavy atom. The van der Waals surface area contributed by atoms with E-state index < -0.39 is 18.8 Å². The number of benzene rings is 2. The fourth-order valence-corrected chi connectivity index (χ4v) is 2.50. The summed E-state index contributed by atoms with van der Waals surface area (Å²) in [6, 6.07) is 14.0. The maximum Gasteiger partial charge on any atom is 0.405 e. The second kappa shape index (κ2) is 6.48. The molecule has 0 spiro atoms. The van der Waals surface area contributed by atoms with Crippen molar-refractivity contribution >= 4 is 17.1 Å². The average molecular weight is 313 g/mol. The molecule has 0 bridgehead atoms. The SMILES string of the molecule is O=C(O)NC(Cc1ccc(CF)cc1)c1nc2ccccc2[nH]1. The van der Waals surface area contributed by atoms with Crippen molar-refractivity contribution in [2.45, 2.75) is 19.1 Å². The second-order valence-corrected chi connectivity index (χ2v) is 5.30. The first-order chi connectivity index (χ1) is 11.2. The molecule has 2 aromatic carbocycles. The van der Waals surface area contributed by atoms with Crippen LogP contribution in [0.4, 0.5) is 9.18 Å². The lowest BCUT2D eigenvalue weighted by Crippen LogP contribution is -2.29. The van der Waals surface area contributed by atoms with Gasteiger partial charge in [-0.15, -0.1) is 0 Å². The van der Waals surface area contributed by atoms with E-state index in [1.807, 2.05) is 24.3 Å². The third kappa shape index (κ3) is 3.48. The quantitative estimate of drug-likeness (QED) is 0.673. The fraction of sp³-hybridized carbons (Fsp3) is 0.176. The van der Waals surface area contributed by atoms with Crippen molar-refractivity contribution in [2.75, 3.05) is 0 Å². The van der Waals surface area contributed by atoms with Gasteiger partial charge < -0.3 is 15.4 Å². The molecule has 23 heavy (non-hydrogen) atoms. The van der Waals surface area contributed by atoms with E-state index in [0.717, 1.165) is 16.6 Å². The van der Waals surface area contributed by atoms with Crippen molar-refractivity contribution in [3.05, 3.63) is 65.5 Å². The summed E-state index contributed by atoms with van der Waals surface area (Å²) in [6.07, 6.45) is -0.686. The van der Waals surface area contributed by atoms with Gasteiger partial charge in [0.1, 0.15) is 12.5 Å². The Balaban J connectivity index is 1.88. The van der Waals surface area contributed by atoms with Crippen LogP contribution in [0.25, 0.3) is 11.0 Å². The van der Waals surface area contributed by atoms with E-state index >= 15 is 0 Å². The molecule has 1 heterocycles. The molecule has 5 nitrogen and oxygen atoms in total. The molecule has 0 aliphatic heterocycles. The van der Waals surface area contributed by atoms with E-state index in [2.05, 4.69) is 15.3 Å². The van der Waals surface area contributed by atoms with E-state index in [1.165, 1.54) is 0 Å². The van der Waals surface area contributed by atoms with Crippen LogP contribution in [-0.2, 0) is 13.1 Å². The molecule has 3 rings (SSSR count). The van der Waals surface area contributed by atoms with Gasteiger partial charge in [-0.05, 0) is 23.3 Å². The number of carbonyl (C=O) groups is 1. The number of rotatable bonds is 5. The number of alkyl halides is 1. The summed E-state index contributed by atoms with van der Waals surface area (Å²) in [5, 5.41) is 11.6. The first-order valence-corrected chi connectivity index (χ1v) is 7.23. The van der Waals surface area contributed by atoms with Gasteiger partial charge in [-0.3, -0.25) is 0 Å². The molecule has 6 heteroatoms. The highest BCUT2D eigenvalue weighted by Crippen LogP contribution is 2.20. The van der Waals surface area contributed by atoms with Crippen LogP contribution in [0.5, 0.6) is 0 Å². The first-order valence-electron chi connectivity index (χ1n) is 7.23. The van der Waals surface area contributed by atoms with E-state index in [1.54, 1.807) is 24.3 Å². The minimum absolute atomic E-state index is 0.429. The van der Waals surface area contributed by atoms with Gasteiger partial charge >= 0.3 is 6.09 Å². The van der Waals surface area contributed by atoms with Crippen LogP contribution >= 0.6 is 0 Å². The summed E-state index contributed by atoms with van der Waals surface area (Å²) in [4.78, 5) is 18.7. The van der Waals surface area contributed by atoms with Crippen molar-refractivity contribution in [1.29, 1.82) is 0 Å². The lowest BCUT2D eigenvalue weighted by Gasteiger charge is -2.15. The van der Waals surface area contributed by atoms with Crippen LogP contribution < -0.4 is 5.32 Å². The molecule has 3 aromatic rings. The molecule has 1 unspecified atom stereocenters. The Bertz CT molecular complexity index is 781. The number of hydrogen-bond acceptors (Lipinski definition) is 2. The number of imidazole rings is 1. The number of fused-ring (bicyclic) bond motifs is 1. The summed E-state index contributed by atoms with van der Waals surface area (Å²) in [7, 11) is 0.